The van der Waals surface area contributed by atoms with E-state index in [1.807, 2.05) is 6.92 Å². The minimum absolute atomic E-state index is 0.138. The molecule has 1 unspecified atom stereocenters. The Balaban J connectivity index is 2.50. The van der Waals surface area contributed by atoms with Crippen LogP contribution in [0.2, 0.25) is 0 Å². The lowest BCUT2D eigenvalue weighted by molar-refractivity contribution is 0.0505. The summed E-state index contributed by atoms with van der Waals surface area (Å²) in [6.07, 6.45) is 0.607. The molecule has 0 heterocycles. The molecule has 0 aliphatic carbocycles. The highest BCUT2D eigenvalue weighted by atomic mass is 32.2. The van der Waals surface area contributed by atoms with Gasteiger partial charge in [-0.3, -0.25) is 4.18 Å². The normalized spacial score (nSPS) is 12.9. The lowest BCUT2D eigenvalue weighted by Crippen LogP contribution is -2.27. The standard InChI is InChI=1S/C13H18O5S/c1-3-9-18-19(15,16)11(2)10-17-13(14)12-7-5-4-6-8-12/h4-8,11H,3,9-10H2,1-2H3. The fraction of sp³-hybridized carbons (Fsp3) is 0.462. The number of hydrogen-bond donors (Lipinski definition) is 0. The largest absolute Gasteiger partial charge is 0.461 e. The van der Waals surface area contributed by atoms with E-state index < -0.39 is 21.3 Å². The first-order chi connectivity index (χ1) is 8.97. The van der Waals surface area contributed by atoms with Crippen molar-refractivity contribution in [3.63, 3.8) is 0 Å². The van der Waals surface area contributed by atoms with E-state index in [1.165, 1.54) is 6.92 Å². The quantitative estimate of drug-likeness (QED) is 0.566. The molecule has 19 heavy (non-hydrogen) atoms. The van der Waals surface area contributed by atoms with Crippen LogP contribution in [0.4, 0.5) is 0 Å². The molecule has 0 amide bonds. The molecule has 1 rings (SSSR count). The van der Waals surface area contributed by atoms with Crippen LogP contribution >= 0.6 is 0 Å². The lowest BCUT2D eigenvalue weighted by Gasteiger charge is -2.12. The lowest BCUT2D eigenvalue weighted by atomic mass is 10.2. The van der Waals surface area contributed by atoms with Gasteiger partial charge in [0.05, 0.1) is 12.2 Å². The van der Waals surface area contributed by atoms with Gasteiger partial charge in [0.25, 0.3) is 10.1 Å². The van der Waals surface area contributed by atoms with E-state index in [2.05, 4.69) is 0 Å². The second-order valence-electron chi connectivity index (χ2n) is 4.09. The maximum atomic E-state index is 11.6. The Hall–Kier alpha value is -1.40. The van der Waals surface area contributed by atoms with Crippen molar-refractivity contribution in [1.82, 2.24) is 0 Å². The fourth-order valence-electron chi connectivity index (χ4n) is 1.25. The first-order valence-corrected chi connectivity index (χ1v) is 7.55. The van der Waals surface area contributed by atoms with Crippen LogP contribution in [0.5, 0.6) is 0 Å². The molecule has 0 fully saturated rings. The van der Waals surface area contributed by atoms with E-state index in [-0.39, 0.29) is 13.2 Å². The number of benzene rings is 1. The minimum atomic E-state index is -3.68. The molecule has 0 saturated heterocycles. The Kier molecular flexibility index (Phi) is 5.98. The summed E-state index contributed by atoms with van der Waals surface area (Å²) in [4.78, 5) is 11.6. The zero-order valence-corrected chi connectivity index (χ0v) is 11.9. The predicted molar refractivity (Wildman–Crippen MR) is 71.3 cm³/mol. The van der Waals surface area contributed by atoms with Crippen molar-refractivity contribution in [3.05, 3.63) is 35.9 Å². The number of rotatable bonds is 7. The summed E-state index contributed by atoms with van der Waals surface area (Å²) in [5.74, 6) is -0.543. The molecule has 1 aromatic rings. The molecule has 106 valence electrons. The van der Waals surface area contributed by atoms with Gasteiger partial charge in [-0.05, 0) is 25.5 Å². The molecule has 0 aliphatic heterocycles. The second-order valence-corrected chi connectivity index (χ2v) is 6.12. The van der Waals surface area contributed by atoms with E-state index in [9.17, 15) is 13.2 Å². The molecule has 0 radical (unpaired) electrons. The van der Waals surface area contributed by atoms with Crippen LogP contribution in [0.1, 0.15) is 30.6 Å². The van der Waals surface area contributed by atoms with Crippen molar-refractivity contribution in [2.75, 3.05) is 13.2 Å². The molecule has 0 aromatic heterocycles. The number of hydrogen-bond acceptors (Lipinski definition) is 5. The van der Waals surface area contributed by atoms with Crippen molar-refractivity contribution in [2.45, 2.75) is 25.5 Å². The summed E-state index contributed by atoms with van der Waals surface area (Å²) < 4.78 is 33.0. The van der Waals surface area contributed by atoms with E-state index in [0.29, 0.717) is 12.0 Å². The van der Waals surface area contributed by atoms with Gasteiger partial charge in [0, 0.05) is 0 Å². The average molecular weight is 286 g/mol. The molecule has 5 nitrogen and oxygen atoms in total. The summed E-state index contributed by atoms with van der Waals surface area (Å²) in [5, 5.41) is -0.883. The van der Waals surface area contributed by atoms with Gasteiger partial charge < -0.3 is 4.74 Å². The third kappa shape index (κ3) is 5.00. The molecule has 0 bridgehead atoms. The fourth-order valence-corrected chi connectivity index (χ4v) is 2.12. The van der Waals surface area contributed by atoms with Gasteiger partial charge in [-0.15, -0.1) is 0 Å². The summed E-state index contributed by atoms with van der Waals surface area (Å²) in [7, 11) is -3.68. The smallest absolute Gasteiger partial charge is 0.338 e. The highest BCUT2D eigenvalue weighted by Gasteiger charge is 2.23. The van der Waals surface area contributed by atoms with Crippen molar-refractivity contribution in [2.24, 2.45) is 0 Å². The molecular formula is C13H18O5S. The number of ether oxygens (including phenoxy) is 1. The van der Waals surface area contributed by atoms with E-state index in [0.717, 1.165) is 0 Å². The van der Waals surface area contributed by atoms with E-state index in [4.69, 9.17) is 8.92 Å². The number of esters is 1. The van der Waals surface area contributed by atoms with Gasteiger partial charge in [-0.25, -0.2) is 4.79 Å². The summed E-state index contributed by atoms with van der Waals surface area (Å²) >= 11 is 0. The predicted octanol–water partition coefficient (Wildman–Crippen LogP) is 1.99. The van der Waals surface area contributed by atoms with Gasteiger partial charge in [-0.2, -0.15) is 8.42 Å². The van der Waals surface area contributed by atoms with Crippen LogP contribution < -0.4 is 0 Å². The van der Waals surface area contributed by atoms with Gasteiger partial charge in [0.1, 0.15) is 11.9 Å². The topological polar surface area (TPSA) is 69.7 Å². The van der Waals surface area contributed by atoms with E-state index in [1.54, 1.807) is 30.3 Å². The minimum Gasteiger partial charge on any atom is -0.461 e. The summed E-state index contributed by atoms with van der Waals surface area (Å²) in [6.45, 7) is 3.18. The van der Waals surface area contributed by atoms with Gasteiger partial charge in [0.15, 0.2) is 0 Å². The third-order valence-electron chi connectivity index (χ3n) is 2.40. The molecule has 0 N–H and O–H groups in total. The summed E-state index contributed by atoms with van der Waals surface area (Å²) in [6, 6.07) is 8.41. The van der Waals surface area contributed by atoms with Gasteiger partial charge in [0.2, 0.25) is 0 Å². The molecule has 1 atom stereocenters. The van der Waals surface area contributed by atoms with Crippen molar-refractivity contribution in [1.29, 1.82) is 0 Å². The maximum Gasteiger partial charge on any atom is 0.338 e. The zero-order chi connectivity index (χ0) is 14.3. The van der Waals surface area contributed by atoms with Crippen molar-refractivity contribution >= 4 is 16.1 Å². The van der Waals surface area contributed by atoms with Crippen LogP contribution in [0.15, 0.2) is 30.3 Å². The monoisotopic (exact) mass is 286 g/mol. The molecule has 0 spiro atoms. The molecule has 0 saturated carbocycles. The third-order valence-corrected chi connectivity index (χ3v) is 4.02. The molecule has 6 heteroatoms. The van der Waals surface area contributed by atoms with Crippen LogP contribution in [0, 0.1) is 0 Å². The number of carbonyl (C=O) groups excluding carboxylic acids is 1. The van der Waals surface area contributed by atoms with Crippen molar-refractivity contribution in [3.8, 4) is 0 Å². The first kappa shape index (κ1) is 15.7. The Morgan fingerprint density at radius 2 is 1.89 bits per heavy atom. The highest BCUT2D eigenvalue weighted by molar-refractivity contribution is 7.87. The van der Waals surface area contributed by atoms with Gasteiger partial charge >= 0.3 is 5.97 Å². The maximum absolute atomic E-state index is 11.6. The Labute approximate surface area is 113 Å². The molecule has 0 aliphatic rings. The Bertz CT molecular complexity index is 495. The first-order valence-electron chi connectivity index (χ1n) is 6.07. The Morgan fingerprint density at radius 1 is 1.26 bits per heavy atom. The SMILES string of the molecule is CCCOS(=O)(=O)C(C)COC(=O)c1ccccc1. The van der Waals surface area contributed by atoms with Crippen LogP contribution in [-0.4, -0.2) is 32.9 Å². The van der Waals surface area contributed by atoms with Crippen molar-refractivity contribution < 1.29 is 22.1 Å². The zero-order valence-electron chi connectivity index (χ0n) is 11.0. The van der Waals surface area contributed by atoms with Crippen LogP contribution in [0.3, 0.4) is 0 Å². The van der Waals surface area contributed by atoms with Gasteiger partial charge in [-0.1, -0.05) is 25.1 Å². The number of carbonyl (C=O) groups is 1. The van der Waals surface area contributed by atoms with E-state index >= 15 is 0 Å². The van der Waals surface area contributed by atoms with Crippen LogP contribution in [0.25, 0.3) is 0 Å². The Morgan fingerprint density at radius 3 is 2.47 bits per heavy atom. The highest BCUT2D eigenvalue weighted by Crippen LogP contribution is 2.07. The molecular weight excluding hydrogens is 268 g/mol. The second kappa shape index (κ2) is 7.25. The van der Waals surface area contributed by atoms with Crippen LogP contribution in [-0.2, 0) is 19.0 Å². The summed E-state index contributed by atoms with van der Waals surface area (Å²) in [5.41, 5.74) is 0.390. The molecule has 1 aromatic carbocycles. The average Bonchev–Trinajstić information content (AvgIpc) is 2.43.